The van der Waals surface area contributed by atoms with Gasteiger partial charge in [-0.2, -0.15) is 0 Å². The third-order valence-electron chi connectivity index (χ3n) is 5.52. The van der Waals surface area contributed by atoms with Crippen molar-refractivity contribution in [2.24, 2.45) is 16.8 Å². The summed E-state index contributed by atoms with van der Waals surface area (Å²) in [4.78, 5) is 7.31. The minimum atomic E-state index is 0. The fourth-order valence-corrected chi connectivity index (χ4v) is 4.17. The van der Waals surface area contributed by atoms with Gasteiger partial charge >= 0.3 is 0 Å². The molecule has 2 fully saturated rings. The highest BCUT2D eigenvalue weighted by Crippen LogP contribution is 2.36. The number of methoxy groups -OCH3 is 1. The van der Waals surface area contributed by atoms with Crippen molar-refractivity contribution in [2.75, 3.05) is 33.3 Å². The molecule has 26 heavy (non-hydrogen) atoms. The number of halogens is 1. The number of hydrogen-bond donors (Lipinski definition) is 2. The van der Waals surface area contributed by atoms with Crippen molar-refractivity contribution >= 4 is 29.9 Å². The predicted molar refractivity (Wildman–Crippen MR) is 117 cm³/mol. The Morgan fingerprint density at radius 2 is 1.96 bits per heavy atom. The molecule has 1 aromatic rings. The normalized spacial score (nSPS) is 22.5. The molecule has 1 aliphatic carbocycles. The number of likely N-dealkylation sites (tertiary alicyclic amines) is 1. The molecule has 3 rings (SSSR count). The Hall–Kier alpha value is -1.18. The lowest BCUT2D eigenvalue weighted by molar-refractivity contribution is 0.299. The Morgan fingerprint density at radius 3 is 2.58 bits per heavy atom. The summed E-state index contributed by atoms with van der Waals surface area (Å²) in [5, 5.41) is 13.2. The first-order valence-corrected chi connectivity index (χ1v) is 9.60. The molecular weight excluding hydrogens is 441 g/mol. The van der Waals surface area contributed by atoms with Crippen LogP contribution in [0.2, 0.25) is 0 Å². The smallest absolute Gasteiger partial charge is 0.193 e. The van der Waals surface area contributed by atoms with Gasteiger partial charge in [0.2, 0.25) is 0 Å². The van der Waals surface area contributed by atoms with Gasteiger partial charge in [-0.15, -0.1) is 24.0 Å². The van der Waals surface area contributed by atoms with Crippen LogP contribution in [0.25, 0.3) is 0 Å². The number of aromatic hydroxyl groups is 1. The van der Waals surface area contributed by atoms with Gasteiger partial charge in [-0.25, -0.2) is 0 Å². The van der Waals surface area contributed by atoms with E-state index in [4.69, 9.17) is 9.73 Å². The van der Waals surface area contributed by atoms with Crippen LogP contribution < -0.4 is 10.1 Å². The Kier molecular flexibility index (Phi) is 8.31. The second kappa shape index (κ2) is 10.2. The summed E-state index contributed by atoms with van der Waals surface area (Å²) in [5.41, 5.74) is 1.13. The molecule has 2 aliphatic rings. The minimum Gasteiger partial charge on any atom is -0.504 e. The number of phenols is 1. The molecule has 0 radical (unpaired) electrons. The fraction of sp³-hybridized carbons (Fsp3) is 0.650. The molecule has 0 bridgehead atoms. The van der Waals surface area contributed by atoms with Gasteiger partial charge in [0, 0.05) is 26.2 Å². The Morgan fingerprint density at radius 1 is 1.27 bits per heavy atom. The summed E-state index contributed by atoms with van der Waals surface area (Å²) in [6.07, 6.45) is 6.39. The van der Waals surface area contributed by atoms with E-state index >= 15 is 0 Å². The summed E-state index contributed by atoms with van der Waals surface area (Å²) in [5.74, 6) is 3.49. The fourth-order valence-electron chi connectivity index (χ4n) is 4.17. The maximum Gasteiger partial charge on any atom is 0.193 e. The van der Waals surface area contributed by atoms with E-state index in [1.165, 1.54) is 25.7 Å². The van der Waals surface area contributed by atoms with Crippen molar-refractivity contribution in [3.8, 4) is 11.5 Å². The maximum absolute atomic E-state index is 9.69. The van der Waals surface area contributed by atoms with Gasteiger partial charge in [0.25, 0.3) is 0 Å². The van der Waals surface area contributed by atoms with Crippen LogP contribution >= 0.6 is 24.0 Å². The molecule has 6 heteroatoms. The van der Waals surface area contributed by atoms with Crippen LogP contribution in [0.3, 0.4) is 0 Å². The lowest BCUT2D eigenvalue weighted by Crippen LogP contribution is -2.40. The van der Waals surface area contributed by atoms with Crippen LogP contribution in [0.4, 0.5) is 0 Å². The molecule has 1 heterocycles. The van der Waals surface area contributed by atoms with E-state index in [-0.39, 0.29) is 29.7 Å². The first kappa shape index (κ1) is 21.1. The van der Waals surface area contributed by atoms with Gasteiger partial charge < -0.3 is 20.1 Å². The highest BCUT2D eigenvalue weighted by atomic mass is 127. The Bertz CT molecular complexity index is 595. The van der Waals surface area contributed by atoms with Gasteiger partial charge in [0.15, 0.2) is 17.5 Å². The van der Waals surface area contributed by atoms with Gasteiger partial charge in [0.1, 0.15) is 0 Å². The number of nitrogens with one attached hydrogen (secondary N) is 1. The molecule has 2 atom stereocenters. The van der Waals surface area contributed by atoms with E-state index in [0.29, 0.717) is 5.75 Å². The molecule has 1 saturated heterocycles. The molecule has 2 unspecified atom stereocenters. The zero-order chi connectivity index (χ0) is 17.6. The van der Waals surface area contributed by atoms with Crippen molar-refractivity contribution in [1.82, 2.24) is 10.2 Å². The summed E-state index contributed by atoms with van der Waals surface area (Å²) in [7, 11) is 1.58. The van der Waals surface area contributed by atoms with E-state index in [2.05, 4.69) is 17.1 Å². The molecule has 2 N–H and O–H groups in total. The molecule has 0 aromatic heterocycles. The Balaban J connectivity index is 0.00000243. The van der Waals surface area contributed by atoms with Crippen LogP contribution in [0.5, 0.6) is 11.5 Å². The molecule has 0 spiro atoms. The van der Waals surface area contributed by atoms with Crippen LogP contribution in [0.1, 0.15) is 38.2 Å². The second-order valence-corrected chi connectivity index (χ2v) is 7.20. The van der Waals surface area contributed by atoms with E-state index in [9.17, 15) is 5.11 Å². The molecule has 1 aromatic carbocycles. The standard InChI is InChI=1S/C20H31N3O2.HI/c1-3-21-20(23-13-16-6-4-5-7-17(16)14-23)22-11-10-15-8-9-18(24)19(12-15)25-2;/h8-9,12,16-17,24H,3-7,10-11,13-14H2,1-2H3,(H,21,22);1H. The van der Waals surface area contributed by atoms with E-state index in [1.54, 1.807) is 13.2 Å². The maximum atomic E-state index is 9.69. The number of nitrogens with zero attached hydrogens (tertiary/aromatic N) is 2. The van der Waals surface area contributed by atoms with Crippen molar-refractivity contribution in [1.29, 1.82) is 0 Å². The van der Waals surface area contributed by atoms with Crippen LogP contribution in [0, 0.1) is 11.8 Å². The molecule has 146 valence electrons. The molecule has 1 aliphatic heterocycles. The zero-order valence-electron chi connectivity index (χ0n) is 15.9. The second-order valence-electron chi connectivity index (χ2n) is 7.20. The largest absolute Gasteiger partial charge is 0.504 e. The highest BCUT2D eigenvalue weighted by molar-refractivity contribution is 14.0. The van der Waals surface area contributed by atoms with Crippen molar-refractivity contribution < 1.29 is 9.84 Å². The summed E-state index contributed by atoms with van der Waals surface area (Å²) < 4.78 is 5.18. The summed E-state index contributed by atoms with van der Waals surface area (Å²) in [6, 6.07) is 5.52. The van der Waals surface area contributed by atoms with Crippen LogP contribution in [0.15, 0.2) is 23.2 Å². The van der Waals surface area contributed by atoms with Crippen LogP contribution in [-0.4, -0.2) is 49.3 Å². The number of rotatable bonds is 5. The molecule has 1 saturated carbocycles. The van der Waals surface area contributed by atoms with Crippen LogP contribution in [-0.2, 0) is 6.42 Å². The number of ether oxygens (including phenoxy) is 1. The molecular formula is C20H32IN3O2. The Labute approximate surface area is 174 Å². The summed E-state index contributed by atoms with van der Waals surface area (Å²) in [6.45, 7) is 6.08. The monoisotopic (exact) mass is 473 g/mol. The van der Waals surface area contributed by atoms with Crippen molar-refractivity contribution in [3.05, 3.63) is 23.8 Å². The predicted octanol–water partition coefficient (Wildman–Crippen LogP) is 3.65. The highest BCUT2D eigenvalue weighted by Gasteiger charge is 2.35. The number of aliphatic imine (C=N–C) groups is 1. The quantitative estimate of drug-likeness (QED) is 0.390. The van der Waals surface area contributed by atoms with Gasteiger partial charge in [-0.1, -0.05) is 18.9 Å². The van der Waals surface area contributed by atoms with E-state index in [0.717, 1.165) is 56.0 Å². The SMILES string of the molecule is CCNC(=NCCc1ccc(O)c(OC)c1)N1CC2CCCCC2C1.I. The van der Waals surface area contributed by atoms with E-state index in [1.807, 2.05) is 12.1 Å². The number of fused-ring (bicyclic) bond motifs is 1. The first-order valence-electron chi connectivity index (χ1n) is 9.60. The van der Waals surface area contributed by atoms with Crippen molar-refractivity contribution in [3.63, 3.8) is 0 Å². The topological polar surface area (TPSA) is 57.1 Å². The number of hydrogen-bond acceptors (Lipinski definition) is 3. The number of guanidine groups is 1. The zero-order valence-corrected chi connectivity index (χ0v) is 18.2. The van der Waals surface area contributed by atoms with Gasteiger partial charge in [-0.3, -0.25) is 4.99 Å². The lowest BCUT2D eigenvalue weighted by Gasteiger charge is -2.22. The number of phenolic OH excluding ortho intramolecular Hbond substituents is 1. The van der Waals surface area contributed by atoms with E-state index < -0.39 is 0 Å². The summed E-state index contributed by atoms with van der Waals surface area (Å²) >= 11 is 0. The lowest BCUT2D eigenvalue weighted by atomic mass is 9.82. The van der Waals surface area contributed by atoms with Gasteiger partial charge in [0.05, 0.1) is 7.11 Å². The number of benzene rings is 1. The minimum absolute atomic E-state index is 0. The molecule has 5 nitrogen and oxygen atoms in total. The molecule has 0 amide bonds. The first-order chi connectivity index (χ1) is 12.2. The van der Waals surface area contributed by atoms with Crippen molar-refractivity contribution in [2.45, 2.75) is 39.0 Å². The average molecular weight is 473 g/mol. The third kappa shape index (κ3) is 5.18. The third-order valence-corrected chi connectivity index (χ3v) is 5.52. The van der Waals surface area contributed by atoms with Gasteiger partial charge in [-0.05, 0) is 55.7 Å². The average Bonchev–Trinajstić information content (AvgIpc) is 3.06.